The summed E-state index contributed by atoms with van der Waals surface area (Å²) in [6, 6.07) is 9.96. The monoisotopic (exact) mass is 288 g/mol. The molecule has 4 nitrogen and oxygen atoms in total. The van der Waals surface area contributed by atoms with E-state index in [9.17, 15) is 9.90 Å². The molecule has 1 aromatic rings. The van der Waals surface area contributed by atoms with Crippen LogP contribution >= 0.6 is 0 Å². The Morgan fingerprint density at radius 1 is 1.29 bits per heavy atom. The molecule has 21 heavy (non-hydrogen) atoms. The van der Waals surface area contributed by atoms with E-state index in [1.54, 1.807) is 0 Å². The molecule has 0 bridgehead atoms. The molecule has 2 aliphatic carbocycles. The Bertz CT molecular complexity index is 497. The first-order valence-electron chi connectivity index (χ1n) is 7.85. The van der Waals surface area contributed by atoms with Crippen LogP contribution in [0.3, 0.4) is 0 Å². The quantitative estimate of drug-likeness (QED) is 0.769. The second kappa shape index (κ2) is 5.78. The minimum Gasteiger partial charge on any atom is -0.480 e. The van der Waals surface area contributed by atoms with E-state index in [1.807, 2.05) is 37.4 Å². The molecule has 2 saturated carbocycles. The van der Waals surface area contributed by atoms with Crippen LogP contribution in [0.25, 0.3) is 0 Å². The van der Waals surface area contributed by atoms with E-state index in [0.717, 1.165) is 30.9 Å². The van der Waals surface area contributed by atoms with Gasteiger partial charge in [0.05, 0.1) is 0 Å². The number of rotatable bonds is 8. The van der Waals surface area contributed by atoms with Gasteiger partial charge in [-0.1, -0.05) is 30.3 Å². The van der Waals surface area contributed by atoms with Gasteiger partial charge in [-0.2, -0.15) is 0 Å². The number of benzene rings is 1. The molecule has 0 radical (unpaired) electrons. The summed E-state index contributed by atoms with van der Waals surface area (Å²) in [4.78, 5) is 14.3. The lowest BCUT2D eigenvalue weighted by Gasteiger charge is -2.35. The second-order valence-electron chi connectivity index (χ2n) is 6.64. The number of nitrogens with zero attached hydrogens (tertiary/aromatic N) is 1. The van der Waals surface area contributed by atoms with Crippen molar-refractivity contribution in [1.82, 2.24) is 10.2 Å². The van der Waals surface area contributed by atoms with Crippen molar-refractivity contribution < 1.29 is 9.90 Å². The number of carbonyl (C=O) groups is 1. The molecule has 1 aromatic carbocycles. The third kappa shape index (κ3) is 3.44. The number of carboxylic acid groups (broad SMARTS) is 1. The molecular weight excluding hydrogens is 264 g/mol. The fourth-order valence-electron chi connectivity index (χ4n) is 2.98. The predicted octanol–water partition coefficient (Wildman–Crippen LogP) is 2.06. The average molecular weight is 288 g/mol. The zero-order valence-electron chi connectivity index (χ0n) is 12.6. The molecule has 4 heteroatoms. The zero-order chi connectivity index (χ0) is 14.9. The Hall–Kier alpha value is -1.39. The van der Waals surface area contributed by atoms with Gasteiger partial charge in [-0.3, -0.25) is 5.32 Å². The van der Waals surface area contributed by atoms with Crippen molar-refractivity contribution in [3.8, 4) is 0 Å². The van der Waals surface area contributed by atoms with Crippen molar-refractivity contribution in [3.63, 3.8) is 0 Å². The maximum absolute atomic E-state index is 12.1. The molecule has 1 atom stereocenters. The molecule has 0 heterocycles. The number of hydrogen-bond donors (Lipinski definition) is 2. The maximum Gasteiger partial charge on any atom is 0.329 e. The van der Waals surface area contributed by atoms with E-state index in [0.29, 0.717) is 12.6 Å². The van der Waals surface area contributed by atoms with Gasteiger partial charge >= 0.3 is 5.97 Å². The van der Waals surface area contributed by atoms with Crippen molar-refractivity contribution in [1.29, 1.82) is 0 Å². The van der Waals surface area contributed by atoms with E-state index >= 15 is 0 Å². The Morgan fingerprint density at radius 3 is 2.48 bits per heavy atom. The Morgan fingerprint density at radius 2 is 1.95 bits per heavy atom. The van der Waals surface area contributed by atoms with Gasteiger partial charge in [0, 0.05) is 19.1 Å². The van der Waals surface area contributed by atoms with E-state index in [1.165, 1.54) is 12.8 Å². The summed E-state index contributed by atoms with van der Waals surface area (Å²) in [5.41, 5.74) is -0.140. The minimum atomic E-state index is -0.994. The van der Waals surface area contributed by atoms with Gasteiger partial charge in [0.2, 0.25) is 0 Å². The van der Waals surface area contributed by atoms with Crippen molar-refractivity contribution in [2.24, 2.45) is 5.92 Å². The van der Waals surface area contributed by atoms with Gasteiger partial charge in [0.1, 0.15) is 0 Å². The summed E-state index contributed by atoms with van der Waals surface area (Å²) >= 11 is 0. The number of aliphatic carboxylic acids is 1. The summed E-state index contributed by atoms with van der Waals surface area (Å²) < 4.78 is 0. The van der Waals surface area contributed by atoms with Gasteiger partial charge in [0.25, 0.3) is 0 Å². The van der Waals surface area contributed by atoms with Crippen molar-refractivity contribution in [2.75, 3.05) is 20.1 Å². The zero-order valence-corrected chi connectivity index (χ0v) is 12.6. The predicted molar refractivity (Wildman–Crippen MR) is 82.1 cm³/mol. The molecule has 114 valence electrons. The molecule has 3 rings (SSSR count). The highest BCUT2D eigenvalue weighted by molar-refractivity contribution is 5.81. The fourth-order valence-corrected chi connectivity index (χ4v) is 2.98. The lowest BCUT2D eigenvalue weighted by Crippen LogP contribution is -2.56. The minimum absolute atomic E-state index is 0.343. The highest BCUT2D eigenvalue weighted by Gasteiger charge is 2.45. The van der Waals surface area contributed by atoms with Crippen LogP contribution < -0.4 is 5.32 Å². The van der Waals surface area contributed by atoms with Gasteiger partial charge in [-0.05, 0) is 44.2 Å². The Balaban J connectivity index is 1.85. The van der Waals surface area contributed by atoms with Crippen molar-refractivity contribution in [2.45, 2.75) is 37.3 Å². The number of likely N-dealkylation sites (N-methyl/N-ethyl adjacent to an activating group) is 1. The third-order valence-corrected chi connectivity index (χ3v) is 4.43. The molecule has 2 N–H and O–H groups in total. The van der Waals surface area contributed by atoms with Gasteiger partial charge < -0.3 is 10.0 Å². The molecule has 0 aliphatic heterocycles. The highest BCUT2D eigenvalue weighted by Crippen LogP contribution is 2.33. The molecular formula is C17H24N2O2. The van der Waals surface area contributed by atoms with Crippen LogP contribution in [-0.2, 0) is 10.3 Å². The van der Waals surface area contributed by atoms with Crippen LogP contribution in [0.2, 0.25) is 0 Å². The molecule has 0 amide bonds. The first-order chi connectivity index (χ1) is 10.1. The summed E-state index contributed by atoms with van der Waals surface area (Å²) in [6.45, 7) is 1.51. The maximum atomic E-state index is 12.1. The average Bonchev–Trinajstić information content (AvgIpc) is 3.35. The Labute approximate surface area is 126 Å². The van der Waals surface area contributed by atoms with Gasteiger partial charge in [0.15, 0.2) is 5.54 Å². The molecule has 0 aromatic heterocycles. The number of nitrogens with one attached hydrogen (secondary N) is 1. The lowest BCUT2D eigenvalue weighted by molar-refractivity contribution is -0.146. The van der Waals surface area contributed by atoms with E-state index in [2.05, 4.69) is 10.2 Å². The number of carboxylic acids is 1. The van der Waals surface area contributed by atoms with Gasteiger partial charge in [-0.15, -0.1) is 0 Å². The smallest absolute Gasteiger partial charge is 0.329 e. The molecule has 2 aliphatic rings. The Kier molecular flexibility index (Phi) is 4.00. The van der Waals surface area contributed by atoms with E-state index < -0.39 is 11.5 Å². The summed E-state index contributed by atoms with van der Waals surface area (Å²) in [5, 5.41) is 13.4. The molecule has 0 saturated heterocycles. The molecule has 2 fully saturated rings. The first kappa shape index (κ1) is 14.5. The van der Waals surface area contributed by atoms with Crippen LogP contribution in [0.15, 0.2) is 30.3 Å². The van der Waals surface area contributed by atoms with Crippen LogP contribution in [0.5, 0.6) is 0 Å². The fraction of sp³-hybridized carbons (Fsp3) is 0.588. The third-order valence-electron chi connectivity index (χ3n) is 4.43. The van der Waals surface area contributed by atoms with E-state index in [-0.39, 0.29) is 0 Å². The first-order valence-corrected chi connectivity index (χ1v) is 7.85. The summed E-state index contributed by atoms with van der Waals surface area (Å²) in [5.74, 6) is -0.0126. The van der Waals surface area contributed by atoms with Gasteiger partial charge in [-0.25, -0.2) is 4.79 Å². The van der Waals surface area contributed by atoms with Crippen LogP contribution in [0, 0.1) is 5.92 Å². The summed E-state index contributed by atoms with van der Waals surface area (Å²) in [6.07, 6.45) is 4.72. The van der Waals surface area contributed by atoms with Crippen molar-refractivity contribution >= 4 is 5.97 Å². The number of hydrogen-bond acceptors (Lipinski definition) is 3. The normalized spacial score (nSPS) is 21.2. The van der Waals surface area contributed by atoms with E-state index in [4.69, 9.17) is 0 Å². The lowest BCUT2D eigenvalue weighted by atomic mass is 9.88. The molecule has 0 spiro atoms. The highest BCUT2D eigenvalue weighted by atomic mass is 16.4. The topological polar surface area (TPSA) is 52.6 Å². The standard InChI is InChI=1S/C17H24N2O2/c1-19(11-13-7-8-13)12-17(16(20)21,18-15-9-10-15)14-5-3-2-4-6-14/h2-6,13,15,18H,7-12H2,1H3,(H,20,21). The SMILES string of the molecule is CN(CC1CC1)CC(NC1CC1)(C(=O)O)c1ccccc1. The largest absolute Gasteiger partial charge is 0.480 e. The van der Waals surface area contributed by atoms with Crippen LogP contribution in [0.1, 0.15) is 31.2 Å². The second-order valence-corrected chi connectivity index (χ2v) is 6.64. The van der Waals surface area contributed by atoms with Crippen LogP contribution in [0.4, 0.5) is 0 Å². The molecule has 1 unspecified atom stereocenters. The van der Waals surface area contributed by atoms with Crippen LogP contribution in [-0.4, -0.2) is 42.2 Å². The summed E-state index contributed by atoms with van der Waals surface area (Å²) in [7, 11) is 2.04. The van der Waals surface area contributed by atoms with Crippen molar-refractivity contribution in [3.05, 3.63) is 35.9 Å².